The quantitative estimate of drug-likeness (QED) is 0.472. The van der Waals surface area contributed by atoms with Crippen molar-refractivity contribution in [2.75, 3.05) is 6.54 Å². The minimum absolute atomic E-state index is 0.0686. The number of amides is 2. The number of aryl methyl sites for hydroxylation is 1. The van der Waals surface area contributed by atoms with Crippen molar-refractivity contribution in [3.63, 3.8) is 0 Å². The van der Waals surface area contributed by atoms with Gasteiger partial charge in [0.1, 0.15) is 6.04 Å². The summed E-state index contributed by atoms with van der Waals surface area (Å²) in [4.78, 5) is 28.3. The molecule has 3 aromatic carbocycles. The molecule has 0 saturated carbocycles. The van der Waals surface area contributed by atoms with Gasteiger partial charge in [0.15, 0.2) is 0 Å². The molecule has 3 rings (SSSR count). The van der Waals surface area contributed by atoms with Gasteiger partial charge in [-0.25, -0.2) is 0 Å². The fourth-order valence-corrected chi connectivity index (χ4v) is 3.89. The lowest BCUT2D eigenvalue weighted by Gasteiger charge is -2.32. The number of hydrogen-bond acceptors (Lipinski definition) is 2. The number of carbonyl (C=O) groups is 2. The lowest BCUT2D eigenvalue weighted by Crippen LogP contribution is -2.50. The van der Waals surface area contributed by atoms with Crippen molar-refractivity contribution in [3.8, 4) is 0 Å². The molecular weight excluding hydrogens is 420 g/mol. The van der Waals surface area contributed by atoms with Gasteiger partial charge in [0.25, 0.3) is 0 Å². The minimum Gasteiger partial charge on any atom is -0.355 e. The molecule has 32 heavy (non-hydrogen) atoms. The van der Waals surface area contributed by atoms with Crippen LogP contribution in [0.15, 0.2) is 84.9 Å². The Kier molecular flexibility index (Phi) is 8.88. The van der Waals surface area contributed by atoms with Gasteiger partial charge < -0.3 is 10.2 Å². The van der Waals surface area contributed by atoms with Crippen molar-refractivity contribution in [2.24, 2.45) is 0 Å². The number of rotatable bonds is 10. The zero-order chi connectivity index (χ0) is 22.8. The fourth-order valence-electron chi connectivity index (χ4n) is 3.70. The number of benzene rings is 3. The molecule has 0 spiro atoms. The van der Waals surface area contributed by atoms with Crippen LogP contribution in [0.5, 0.6) is 0 Å². The van der Waals surface area contributed by atoms with Gasteiger partial charge in [0.05, 0.1) is 0 Å². The summed E-state index contributed by atoms with van der Waals surface area (Å²) < 4.78 is 0. The smallest absolute Gasteiger partial charge is 0.243 e. The van der Waals surface area contributed by atoms with E-state index in [1.54, 1.807) is 4.90 Å². The number of nitrogens with one attached hydrogen (secondary N) is 1. The summed E-state index contributed by atoms with van der Waals surface area (Å²) in [5.41, 5.74) is 2.92. The Morgan fingerprint density at radius 3 is 2.09 bits per heavy atom. The van der Waals surface area contributed by atoms with Crippen molar-refractivity contribution in [2.45, 2.75) is 38.8 Å². The van der Waals surface area contributed by atoms with E-state index < -0.39 is 6.04 Å². The third-order valence-corrected chi connectivity index (χ3v) is 5.76. The van der Waals surface area contributed by atoms with E-state index in [0.29, 0.717) is 30.8 Å². The Bertz CT molecular complexity index is 1010. The first-order chi connectivity index (χ1) is 15.6. The van der Waals surface area contributed by atoms with E-state index in [2.05, 4.69) is 5.32 Å². The van der Waals surface area contributed by atoms with E-state index in [1.165, 1.54) is 0 Å². The third kappa shape index (κ3) is 6.69. The molecule has 0 fully saturated rings. The first-order valence-corrected chi connectivity index (χ1v) is 11.3. The standard InChI is InChI=1S/C27H29ClN2O2/c1-2-29-27(32)25(19-22-13-7-4-8-14-22)30(20-23-15-9-10-16-24(23)28)26(31)18-17-21-11-5-3-6-12-21/h3-16,25H,2,17-20H2,1H3,(H,29,32)/t25-/m0/s1. The SMILES string of the molecule is CCNC(=O)[C@H](Cc1ccccc1)N(Cc1ccccc1Cl)C(=O)CCc1ccccc1. The topological polar surface area (TPSA) is 49.4 Å². The number of carbonyl (C=O) groups excluding carboxylic acids is 2. The molecule has 3 aromatic rings. The predicted octanol–water partition coefficient (Wildman–Crippen LogP) is 5.05. The monoisotopic (exact) mass is 448 g/mol. The Morgan fingerprint density at radius 2 is 1.47 bits per heavy atom. The van der Waals surface area contributed by atoms with Gasteiger partial charge in [0, 0.05) is 31.0 Å². The van der Waals surface area contributed by atoms with E-state index in [-0.39, 0.29) is 18.4 Å². The van der Waals surface area contributed by atoms with Gasteiger partial charge in [-0.3, -0.25) is 9.59 Å². The van der Waals surface area contributed by atoms with Crippen LogP contribution in [0.1, 0.15) is 30.0 Å². The van der Waals surface area contributed by atoms with E-state index >= 15 is 0 Å². The molecule has 0 aliphatic heterocycles. The Morgan fingerprint density at radius 1 is 0.875 bits per heavy atom. The van der Waals surface area contributed by atoms with Crippen LogP contribution < -0.4 is 5.32 Å². The Hall–Kier alpha value is -3.11. The van der Waals surface area contributed by atoms with Gasteiger partial charge in [-0.2, -0.15) is 0 Å². The highest BCUT2D eigenvalue weighted by Crippen LogP contribution is 2.21. The molecule has 0 unspecified atom stereocenters. The number of nitrogens with zero attached hydrogens (tertiary/aromatic N) is 1. The lowest BCUT2D eigenvalue weighted by atomic mass is 10.0. The molecule has 2 amide bonds. The van der Waals surface area contributed by atoms with Gasteiger partial charge >= 0.3 is 0 Å². The second-order valence-corrected chi connectivity index (χ2v) is 8.11. The van der Waals surface area contributed by atoms with Crippen molar-refractivity contribution in [1.29, 1.82) is 0 Å². The first-order valence-electron chi connectivity index (χ1n) is 11.0. The fraction of sp³-hybridized carbons (Fsp3) is 0.259. The molecule has 0 bridgehead atoms. The Balaban J connectivity index is 1.89. The van der Waals surface area contributed by atoms with Crippen LogP contribution in [0.3, 0.4) is 0 Å². The summed E-state index contributed by atoms with van der Waals surface area (Å²) in [5, 5.41) is 3.50. The number of likely N-dealkylation sites (N-methyl/N-ethyl adjacent to an activating group) is 1. The van der Waals surface area contributed by atoms with Crippen LogP contribution >= 0.6 is 11.6 Å². The molecule has 0 heterocycles. The van der Waals surface area contributed by atoms with Gasteiger partial charge in [-0.05, 0) is 36.1 Å². The number of halogens is 1. The molecule has 0 aromatic heterocycles. The molecule has 0 aliphatic rings. The van der Waals surface area contributed by atoms with E-state index in [0.717, 1.165) is 16.7 Å². The maximum absolute atomic E-state index is 13.5. The summed E-state index contributed by atoms with van der Waals surface area (Å²) >= 11 is 6.41. The van der Waals surface area contributed by atoms with Crippen LogP contribution in [-0.4, -0.2) is 29.3 Å². The second-order valence-electron chi connectivity index (χ2n) is 7.70. The normalized spacial score (nSPS) is 11.6. The maximum atomic E-state index is 13.5. The van der Waals surface area contributed by atoms with Crippen molar-refractivity contribution in [1.82, 2.24) is 10.2 Å². The molecule has 1 atom stereocenters. The van der Waals surface area contributed by atoms with Crippen molar-refractivity contribution >= 4 is 23.4 Å². The van der Waals surface area contributed by atoms with Crippen LogP contribution in [0.2, 0.25) is 5.02 Å². The van der Waals surface area contributed by atoms with E-state index in [4.69, 9.17) is 11.6 Å². The second kappa shape index (κ2) is 12.1. The maximum Gasteiger partial charge on any atom is 0.243 e. The predicted molar refractivity (Wildman–Crippen MR) is 129 cm³/mol. The highest BCUT2D eigenvalue weighted by molar-refractivity contribution is 6.31. The highest BCUT2D eigenvalue weighted by Gasteiger charge is 2.30. The molecule has 5 heteroatoms. The lowest BCUT2D eigenvalue weighted by molar-refractivity contribution is -0.141. The molecule has 166 valence electrons. The molecule has 0 aliphatic carbocycles. The minimum atomic E-state index is -0.628. The van der Waals surface area contributed by atoms with E-state index in [9.17, 15) is 9.59 Å². The summed E-state index contributed by atoms with van der Waals surface area (Å²) in [5.74, 6) is -0.225. The molecular formula is C27H29ClN2O2. The largest absolute Gasteiger partial charge is 0.355 e. The average molecular weight is 449 g/mol. The van der Waals surface area contributed by atoms with Crippen LogP contribution in [-0.2, 0) is 29.0 Å². The molecule has 0 radical (unpaired) electrons. The van der Waals surface area contributed by atoms with Crippen molar-refractivity contribution in [3.05, 3.63) is 107 Å². The molecule has 4 nitrogen and oxygen atoms in total. The van der Waals surface area contributed by atoms with Crippen LogP contribution in [0.25, 0.3) is 0 Å². The summed E-state index contributed by atoms with van der Waals surface area (Å²) in [6.07, 6.45) is 1.37. The Labute approximate surface area is 195 Å². The third-order valence-electron chi connectivity index (χ3n) is 5.39. The summed E-state index contributed by atoms with van der Waals surface area (Å²) in [6, 6.07) is 26.5. The van der Waals surface area contributed by atoms with Crippen LogP contribution in [0, 0.1) is 0 Å². The van der Waals surface area contributed by atoms with E-state index in [1.807, 2.05) is 91.9 Å². The van der Waals surface area contributed by atoms with Gasteiger partial charge in [-0.15, -0.1) is 0 Å². The molecule has 1 N–H and O–H groups in total. The zero-order valence-corrected chi connectivity index (χ0v) is 19.1. The van der Waals surface area contributed by atoms with Crippen LogP contribution in [0.4, 0.5) is 0 Å². The van der Waals surface area contributed by atoms with Gasteiger partial charge in [0.2, 0.25) is 11.8 Å². The first kappa shape index (κ1) is 23.6. The zero-order valence-electron chi connectivity index (χ0n) is 18.3. The summed E-state index contributed by atoms with van der Waals surface area (Å²) in [7, 11) is 0. The summed E-state index contributed by atoms with van der Waals surface area (Å²) in [6.45, 7) is 2.66. The van der Waals surface area contributed by atoms with Gasteiger partial charge in [-0.1, -0.05) is 90.5 Å². The highest BCUT2D eigenvalue weighted by atomic mass is 35.5. The van der Waals surface area contributed by atoms with Crippen molar-refractivity contribution < 1.29 is 9.59 Å². The molecule has 0 saturated heterocycles. The number of hydrogen-bond donors (Lipinski definition) is 1. The average Bonchev–Trinajstić information content (AvgIpc) is 2.82.